The molecule has 0 spiro atoms. The van der Waals surface area contributed by atoms with Gasteiger partial charge in [0.1, 0.15) is 11.5 Å². The van der Waals surface area contributed by atoms with Gasteiger partial charge in [-0.15, -0.1) is 0 Å². The van der Waals surface area contributed by atoms with Crippen LogP contribution in [0.2, 0.25) is 0 Å². The fraction of sp³-hybridized carbons (Fsp3) is 0.129. The molecule has 0 radical (unpaired) electrons. The van der Waals surface area contributed by atoms with Gasteiger partial charge >= 0.3 is 0 Å². The third-order valence-electron chi connectivity index (χ3n) is 6.55. The number of rotatable bonds is 7. The second kappa shape index (κ2) is 10.2. The minimum Gasteiger partial charge on any atom is -0.457 e. The predicted octanol–water partition coefficient (Wildman–Crippen LogP) is 6.94. The lowest BCUT2D eigenvalue weighted by Gasteiger charge is -2.33. The Hall–Kier alpha value is -4.91. The van der Waals surface area contributed by atoms with Crippen LogP contribution in [0.5, 0.6) is 11.5 Å². The highest BCUT2D eigenvalue weighted by Crippen LogP contribution is 2.31. The Morgan fingerprint density at radius 2 is 1.66 bits per heavy atom. The molecule has 0 atom stereocenters. The van der Waals surface area contributed by atoms with E-state index in [9.17, 15) is 4.79 Å². The molecule has 2 N–H and O–H groups in total. The quantitative estimate of drug-likeness (QED) is 0.252. The molecule has 7 heteroatoms. The van der Waals surface area contributed by atoms with Crippen LogP contribution in [0.3, 0.4) is 0 Å². The molecule has 2 aromatic heterocycles. The summed E-state index contributed by atoms with van der Waals surface area (Å²) in [7, 11) is 0. The highest BCUT2D eigenvalue weighted by Gasteiger charge is 2.16. The van der Waals surface area contributed by atoms with E-state index in [0.717, 1.165) is 41.1 Å². The molecule has 1 aliphatic rings. The predicted molar refractivity (Wildman–Crippen MR) is 152 cm³/mol. The summed E-state index contributed by atoms with van der Waals surface area (Å²) >= 11 is 0. The van der Waals surface area contributed by atoms with Crippen LogP contribution in [0.4, 0.5) is 22.7 Å². The molecule has 0 bridgehead atoms. The number of aromatic nitrogens is 2. The van der Waals surface area contributed by atoms with Gasteiger partial charge in [0.05, 0.1) is 5.52 Å². The van der Waals surface area contributed by atoms with Gasteiger partial charge in [-0.05, 0) is 74.0 Å². The largest absolute Gasteiger partial charge is 0.457 e. The van der Waals surface area contributed by atoms with Gasteiger partial charge in [0.15, 0.2) is 0 Å². The summed E-state index contributed by atoms with van der Waals surface area (Å²) in [5.41, 5.74) is 5.98. The molecule has 1 saturated heterocycles. The molecule has 1 amide bonds. The van der Waals surface area contributed by atoms with E-state index in [1.165, 1.54) is 12.1 Å². The molecule has 6 rings (SSSR count). The summed E-state index contributed by atoms with van der Waals surface area (Å²) < 4.78 is 5.93. The van der Waals surface area contributed by atoms with Crippen LogP contribution in [0.15, 0.2) is 97.3 Å². The van der Waals surface area contributed by atoms with E-state index < -0.39 is 0 Å². The summed E-state index contributed by atoms with van der Waals surface area (Å²) in [5.74, 6) is 1.12. The Morgan fingerprint density at radius 1 is 0.842 bits per heavy atom. The van der Waals surface area contributed by atoms with Gasteiger partial charge in [0, 0.05) is 77.0 Å². The molecular formula is C31H27N5O2. The van der Waals surface area contributed by atoms with Crippen LogP contribution >= 0.6 is 0 Å². The van der Waals surface area contributed by atoms with Crippen molar-refractivity contribution in [2.45, 2.75) is 13.3 Å². The molecule has 1 fully saturated rings. The summed E-state index contributed by atoms with van der Waals surface area (Å²) in [6.45, 7) is 4.09. The number of aryl methyl sites for hydroxylation is 1. The number of nitrogens with one attached hydrogen (secondary N) is 2. The minimum atomic E-state index is -0.204. The average molecular weight is 502 g/mol. The zero-order chi connectivity index (χ0) is 25.9. The molecule has 0 saturated carbocycles. The molecule has 3 heterocycles. The van der Waals surface area contributed by atoms with Gasteiger partial charge in [0.25, 0.3) is 5.91 Å². The Labute approximate surface area is 221 Å². The second-order valence-corrected chi connectivity index (χ2v) is 9.32. The van der Waals surface area contributed by atoms with E-state index >= 15 is 0 Å². The van der Waals surface area contributed by atoms with Crippen molar-refractivity contribution in [1.82, 2.24) is 9.97 Å². The maximum Gasteiger partial charge on any atom is 0.255 e. The van der Waals surface area contributed by atoms with Crippen molar-refractivity contribution in [2.24, 2.45) is 0 Å². The van der Waals surface area contributed by atoms with Crippen LogP contribution in [0.1, 0.15) is 22.5 Å². The molecule has 188 valence electrons. The molecule has 1 aliphatic heterocycles. The van der Waals surface area contributed by atoms with Gasteiger partial charge in [-0.25, -0.2) is 0 Å². The summed E-state index contributed by atoms with van der Waals surface area (Å²) in [6.07, 6.45) is 4.73. The van der Waals surface area contributed by atoms with E-state index in [-0.39, 0.29) is 5.91 Å². The molecule has 38 heavy (non-hydrogen) atoms. The Balaban J connectivity index is 1.19. The van der Waals surface area contributed by atoms with Crippen molar-refractivity contribution in [1.29, 1.82) is 0 Å². The van der Waals surface area contributed by atoms with E-state index in [4.69, 9.17) is 4.74 Å². The van der Waals surface area contributed by atoms with Crippen LogP contribution in [-0.4, -0.2) is 29.0 Å². The minimum absolute atomic E-state index is 0.204. The van der Waals surface area contributed by atoms with Crippen LogP contribution in [-0.2, 0) is 0 Å². The highest BCUT2D eigenvalue weighted by atomic mass is 16.5. The zero-order valence-corrected chi connectivity index (χ0v) is 21.0. The Kier molecular flexibility index (Phi) is 6.32. The van der Waals surface area contributed by atoms with Gasteiger partial charge in [0.2, 0.25) is 0 Å². The van der Waals surface area contributed by atoms with Gasteiger partial charge in [-0.2, -0.15) is 0 Å². The standard InChI is InChI=1S/C31H27N5O2/c1-21-17-27(11-13-32-21)38-26-8-3-7-24(19-26)35-31(37)22-5-2-6-23(18-22)34-30-12-14-33-29-10-9-25(20-28(29)30)36-15-4-16-36/h2-3,5-14,17-20H,4,15-16H2,1H3,(H,33,34)(H,35,37). The number of benzene rings is 3. The maximum atomic E-state index is 13.1. The van der Waals surface area contributed by atoms with Crippen molar-refractivity contribution in [3.8, 4) is 11.5 Å². The first-order valence-corrected chi connectivity index (χ1v) is 12.6. The Bertz CT molecular complexity index is 1630. The van der Waals surface area contributed by atoms with E-state index in [1.807, 2.05) is 55.5 Å². The first-order valence-electron chi connectivity index (χ1n) is 12.6. The molecule has 5 aromatic rings. The lowest BCUT2D eigenvalue weighted by atomic mass is 10.1. The molecular weight excluding hydrogens is 474 g/mol. The van der Waals surface area contributed by atoms with Crippen LogP contribution in [0, 0.1) is 6.92 Å². The number of anilines is 4. The number of ether oxygens (including phenoxy) is 1. The monoisotopic (exact) mass is 501 g/mol. The van der Waals surface area contributed by atoms with Gasteiger partial charge < -0.3 is 20.3 Å². The number of hydrogen-bond donors (Lipinski definition) is 2. The maximum absolute atomic E-state index is 13.1. The van der Waals surface area contributed by atoms with Crippen molar-refractivity contribution in [3.63, 3.8) is 0 Å². The van der Waals surface area contributed by atoms with Gasteiger partial charge in [-0.1, -0.05) is 12.1 Å². The SMILES string of the molecule is Cc1cc(Oc2cccc(NC(=O)c3cccc(Nc4ccnc5ccc(N6CCC6)cc45)c3)c2)ccn1. The van der Waals surface area contributed by atoms with E-state index in [2.05, 4.69) is 43.7 Å². The van der Waals surface area contributed by atoms with Crippen LogP contribution < -0.4 is 20.3 Å². The summed E-state index contributed by atoms with van der Waals surface area (Å²) in [6, 6.07) is 26.8. The van der Waals surface area contributed by atoms with Gasteiger partial charge in [-0.3, -0.25) is 14.8 Å². The first kappa shape index (κ1) is 23.5. The number of hydrogen-bond acceptors (Lipinski definition) is 6. The second-order valence-electron chi connectivity index (χ2n) is 9.32. The fourth-order valence-corrected chi connectivity index (χ4v) is 4.47. The summed E-state index contributed by atoms with van der Waals surface area (Å²) in [4.78, 5) is 24.2. The third kappa shape index (κ3) is 5.13. The molecule has 0 unspecified atom stereocenters. The third-order valence-corrected chi connectivity index (χ3v) is 6.55. The number of carbonyl (C=O) groups is 1. The normalized spacial score (nSPS) is 12.6. The number of nitrogens with zero attached hydrogens (tertiary/aromatic N) is 3. The topological polar surface area (TPSA) is 79.4 Å². The number of pyridine rings is 2. The van der Waals surface area contributed by atoms with Crippen molar-refractivity contribution >= 4 is 39.6 Å². The summed E-state index contributed by atoms with van der Waals surface area (Å²) in [5, 5.41) is 7.51. The Morgan fingerprint density at radius 3 is 2.50 bits per heavy atom. The zero-order valence-electron chi connectivity index (χ0n) is 21.0. The molecule has 3 aromatic carbocycles. The first-order chi connectivity index (χ1) is 18.6. The number of fused-ring (bicyclic) bond motifs is 1. The lowest BCUT2D eigenvalue weighted by Crippen LogP contribution is -2.36. The average Bonchev–Trinajstić information content (AvgIpc) is 2.88. The molecule has 7 nitrogen and oxygen atoms in total. The van der Waals surface area contributed by atoms with Crippen molar-refractivity contribution < 1.29 is 9.53 Å². The van der Waals surface area contributed by atoms with Crippen molar-refractivity contribution in [3.05, 3.63) is 109 Å². The highest BCUT2D eigenvalue weighted by molar-refractivity contribution is 6.05. The van der Waals surface area contributed by atoms with Crippen LogP contribution in [0.25, 0.3) is 10.9 Å². The van der Waals surface area contributed by atoms with Crippen molar-refractivity contribution in [2.75, 3.05) is 28.6 Å². The molecule has 0 aliphatic carbocycles. The number of amides is 1. The fourth-order valence-electron chi connectivity index (χ4n) is 4.47. The van der Waals surface area contributed by atoms with E-state index in [1.54, 1.807) is 30.6 Å². The lowest BCUT2D eigenvalue weighted by molar-refractivity contribution is 0.102. The van der Waals surface area contributed by atoms with E-state index in [0.29, 0.717) is 22.7 Å². The number of carbonyl (C=O) groups excluding carboxylic acids is 1. The smallest absolute Gasteiger partial charge is 0.255 e.